The van der Waals surface area contributed by atoms with Crippen LogP contribution in [0, 0.1) is 0 Å². The van der Waals surface area contributed by atoms with Crippen molar-refractivity contribution in [2.24, 2.45) is 0 Å². The maximum atomic E-state index is 12.9. The van der Waals surface area contributed by atoms with Crippen LogP contribution in [-0.4, -0.2) is 37.2 Å². The lowest BCUT2D eigenvalue weighted by atomic mass is 10.1. The molecule has 0 aromatic carbocycles. The summed E-state index contributed by atoms with van der Waals surface area (Å²) in [5, 5.41) is 0. The molecule has 0 N–H and O–H groups in total. The third-order valence-corrected chi connectivity index (χ3v) is 12.4. The number of unbranched alkanes of at least 4 members (excludes halogenated alkanes) is 13. The fraction of sp³-hybridized carbons (Fsp3) is 0.548. The van der Waals surface area contributed by atoms with Gasteiger partial charge in [-0.25, -0.2) is 0 Å². The van der Waals surface area contributed by atoms with Gasteiger partial charge in [-0.15, -0.1) is 0 Å². The summed E-state index contributed by atoms with van der Waals surface area (Å²) >= 11 is 0. The minimum atomic E-state index is -0.831. The van der Waals surface area contributed by atoms with Crippen molar-refractivity contribution < 1.29 is 28.6 Å². The van der Waals surface area contributed by atoms with Crippen LogP contribution in [0.5, 0.6) is 0 Å². The van der Waals surface area contributed by atoms with E-state index in [1.807, 2.05) is 0 Å². The van der Waals surface area contributed by atoms with Crippen molar-refractivity contribution in [3.63, 3.8) is 0 Å². The molecular formula is C73H112O6. The number of hydrogen-bond donors (Lipinski definition) is 0. The number of esters is 3. The number of hydrogen-bond acceptors (Lipinski definition) is 6. The lowest BCUT2D eigenvalue weighted by Crippen LogP contribution is -2.30. The number of carbonyl (C=O) groups is 3. The van der Waals surface area contributed by atoms with Crippen LogP contribution in [0.4, 0.5) is 0 Å². The third-order valence-electron chi connectivity index (χ3n) is 12.4. The lowest BCUT2D eigenvalue weighted by Gasteiger charge is -2.18. The van der Waals surface area contributed by atoms with Gasteiger partial charge in [0.1, 0.15) is 13.2 Å². The largest absolute Gasteiger partial charge is 0.462 e. The van der Waals surface area contributed by atoms with Crippen LogP contribution in [0.3, 0.4) is 0 Å². The highest BCUT2D eigenvalue weighted by molar-refractivity contribution is 5.71. The van der Waals surface area contributed by atoms with Gasteiger partial charge in [0, 0.05) is 19.3 Å². The fourth-order valence-electron chi connectivity index (χ4n) is 7.75. The van der Waals surface area contributed by atoms with Gasteiger partial charge in [-0.2, -0.15) is 0 Å². The summed E-state index contributed by atoms with van der Waals surface area (Å²) in [5.74, 6) is -1.02. The van der Waals surface area contributed by atoms with Crippen molar-refractivity contribution in [2.75, 3.05) is 13.2 Å². The van der Waals surface area contributed by atoms with Crippen LogP contribution in [0.2, 0.25) is 0 Å². The molecule has 6 nitrogen and oxygen atoms in total. The first-order valence-electron chi connectivity index (χ1n) is 31.3. The van der Waals surface area contributed by atoms with E-state index in [4.69, 9.17) is 14.2 Å². The molecule has 0 fully saturated rings. The fourth-order valence-corrected chi connectivity index (χ4v) is 7.75. The summed E-state index contributed by atoms with van der Waals surface area (Å²) < 4.78 is 16.8. The molecule has 0 aliphatic heterocycles. The van der Waals surface area contributed by atoms with Crippen LogP contribution in [0.25, 0.3) is 0 Å². The summed E-state index contributed by atoms with van der Waals surface area (Å²) in [6.45, 7) is 6.29. The van der Waals surface area contributed by atoms with Crippen molar-refractivity contribution >= 4 is 17.9 Å². The third kappa shape index (κ3) is 63.2. The molecule has 0 spiro atoms. The van der Waals surface area contributed by atoms with Gasteiger partial charge in [-0.1, -0.05) is 242 Å². The van der Waals surface area contributed by atoms with E-state index in [2.05, 4.69) is 203 Å². The highest BCUT2D eigenvalue weighted by Gasteiger charge is 2.19. The second-order valence-electron chi connectivity index (χ2n) is 19.8. The van der Waals surface area contributed by atoms with Crippen molar-refractivity contribution in [3.8, 4) is 0 Å². The minimum Gasteiger partial charge on any atom is -0.462 e. The average Bonchev–Trinajstić information content (AvgIpc) is 3.45. The van der Waals surface area contributed by atoms with E-state index in [-0.39, 0.29) is 37.5 Å². The molecule has 0 aromatic rings. The van der Waals surface area contributed by atoms with Gasteiger partial charge < -0.3 is 14.2 Å². The van der Waals surface area contributed by atoms with E-state index < -0.39 is 6.10 Å². The first-order chi connectivity index (χ1) is 39.0. The topological polar surface area (TPSA) is 78.9 Å². The Morgan fingerprint density at radius 3 is 0.810 bits per heavy atom. The Hall–Kier alpha value is -5.49. The molecular weight excluding hydrogens is 973 g/mol. The quantitative estimate of drug-likeness (QED) is 0.0261. The normalized spacial score (nSPS) is 13.4. The Kier molecular flexibility index (Phi) is 60.5. The zero-order valence-corrected chi connectivity index (χ0v) is 50.3. The Bertz CT molecular complexity index is 1870. The van der Waals surface area contributed by atoms with Crippen molar-refractivity contribution in [1.82, 2.24) is 0 Å². The van der Waals surface area contributed by atoms with Crippen LogP contribution < -0.4 is 0 Å². The molecule has 0 heterocycles. The molecule has 0 rings (SSSR count). The average molecular weight is 1090 g/mol. The Labute approximate surface area is 484 Å². The highest BCUT2D eigenvalue weighted by atomic mass is 16.6. The van der Waals surface area contributed by atoms with Crippen LogP contribution >= 0.6 is 0 Å². The molecule has 6 heteroatoms. The molecule has 79 heavy (non-hydrogen) atoms. The predicted molar refractivity (Wildman–Crippen MR) is 343 cm³/mol. The molecule has 0 aromatic heterocycles. The molecule has 0 radical (unpaired) electrons. The van der Waals surface area contributed by atoms with Gasteiger partial charge in [0.2, 0.25) is 0 Å². The van der Waals surface area contributed by atoms with Gasteiger partial charge in [0.25, 0.3) is 0 Å². The molecule has 1 atom stereocenters. The van der Waals surface area contributed by atoms with Crippen molar-refractivity contribution in [1.29, 1.82) is 0 Å². The number of rotatable bonds is 54. The first kappa shape index (κ1) is 73.5. The summed E-state index contributed by atoms with van der Waals surface area (Å²) in [6.07, 6.45) is 97.5. The minimum absolute atomic E-state index is 0.122. The molecule has 0 saturated carbocycles. The van der Waals surface area contributed by atoms with E-state index in [0.29, 0.717) is 19.3 Å². The van der Waals surface area contributed by atoms with Crippen LogP contribution in [-0.2, 0) is 28.6 Å². The summed E-state index contributed by atoms with van der Waals surface area (Å²) in [4.78, 5) is 38.2. The molecule has 0 aliphatic carbocycles. The SMILES string of the molecule is CC/C=C\C/C=C\C/C=C\C/C=C\C/C=C\C/C=C\C/C=C\C/C=C\C/C=C\CCCCCC(=O)OCC(COC(=O)CCCCCCC/C=C\C/C=C\CCCCC)OC(=O)CCCC/C=C\C/C=C\C/C=C\C/C=C\CC. The zero-order valence-electron chi connectivity index (χ0n) is 50.3. The molecule has 440 valence electrons. The van der Waals surface area contributed by atoms with E-state index in [0.717, 1.165) is 167 Å². The highest BCUT2D eigenvalue weighted by Crippen LogP contribution is 2.12. The van der Waals surface area contributed by atoms with E-state index >= 15 is 0 Å². The molecule has 1 unspecified atom stereocenters. The maximum Gasteiger partial charge on any atom is 0.306 e. The zero-order chi connectivity index (χ0) is 57.1. The van der Waals surface area contributed by atoms with Crippen molar-refractivity contribution in [3.05, 3.63) is 182 Å². The Balaban J connectivity index is 4.47. The second-order valence-corrected chi connectivity index (χ2v) is 19.8. The lowest BCUT2D eigenvalue weighted by molar-refractivity contribution is -0.167. The number of ether oxygens (including phenoxy) is 3. The van der Waals surface area contributed by atoms with Gasteiger partial charge in [-0.3, -0.25) is 14.4 Å². The summed E-state index contributed by atoms with van der Waals surface area (Å²) in [6, 6.07) is 0. The van der Waals surface area contributed by atoms with E-state index in [9.17, 15) is 14.4 Å². The van der Waals surface area contributed by atoms with Crippen LogP contribution in [0.15, 0.2) is 182 Å². The smallest absolute Gasteiger partial charge is 0.306 e. The van der Waals surface area contributed by atoms with Crippen LogP contribution in [0.1, 0.15) is 239 Å². The molecule has 0 saturated heterocycles. The van der Waals surface area contributed by atoms with E-state index in [1.54, 1.807) is 0 Å². The maximum absolute atomic E-state index is 12.9. The Morgan fingerprint density at radius 1 is 0.266 bits per heavy atom. The summed E-state index contributed by atoms with van der Waals surface area (Å²) in [7, 11) is 0. The molecule has 0 amide bonds. The molecule has 0 aliphatic rings. The van der Waals surface area contributed by atoms with Gasteiger partial charge in [0.05, 0.1) is 0 Å². The number of allylic oxidation sites excluding steroid dienone is 30. The van der Waals surface area contributed by atoms with Gasteiger partial charge >= 0.3 is 17.9 Å². The monoisotopic (exact) mass is 1080 g/mol. The van der Waals surface area contributed by atoms with E-state index in [1.165, 1.54) is 25.7 Å². The molecule has 0 bridgehead atoms. The standard InChI is InChI=1S/C73H112O6/c1-4-7-10-13-16-19-22-25-28-29-30-31-32-33-34-35-36-37-38-39-40-41-42-43-46-48-51-54-57-60-63-66-72(75)78-69-70(79-73(76)67-64-61-58-55-52-49-45-27-24-21-18-15-12-9-6-3)68-77-71(74)65-62-59-56-53-50-47-44-26-23-20-17-14-11-8-5-2/h7,9-10,12,16-21,25-28,30-31,33-34,36-37,39-40,42-45,48,51-52,55,70H,4-6,8,11,13-15,22-24,29,32,35,38,41,46-47,49-50,53-54,56-69H2,1-3H3/b10-7-,12-9-,19-16-,20-17-,21-18-,28-25-,31-30-,34-33-,37-36-,40-39-,43-42-,44-26-,45-27-,51-48-,55-52-. The number of carbonyl (C=O) groups excluding carboxylic acids is 3. The van der Waals surface area contributed by atoms with Gasteiger partial charge in [0.15, 0.2) is 6.10 Å². The second kappa shape index (κ2) is 65.0. The first-order valence-corrected chi connectivity index (χ1v) is 31.3. The van der Waals surface area contributed by atoms with Gasteiger partial charge in [-0.05, 0) is 161 Å². The Morgan fingerprint density at radius 2 is 0.494 bits per heavy atom. The van der Waals surface area contributed by atoms with Crippen molar-refractivity contribution in [2.45, 2.75) is 245 Å². The summed E-state index contributed by atoms with van der Waals surface area (Å²) in [5.41, 5.74) is 0. The predicted octanol–water partition coefficient (Wildman–Crippen LogP) is 21.7.